The highest BCUT2D eigenvalue weighted by Crippen LogP contribution is 2.27. The lowest BCUT2D eigenvalue weighted by Crippen LogP contribution is -2.34. The molecule has 1 aliphatic rings. The number of halogens is 2. The summed E-state index contributed by atoms with van der Waals surface area (Å²) in [7, 11) is -3.08. The highest BCUT2D eigenvalue weighted by atomic mass is 32.2. The van der Waals surface area contributed by atoms with E-state index >= 15 is 0 Å². The summed E-state index contributed by atoms with van der Waals surface area (Å²) in [6.07, 6.45) is 3.84. The first-order chi connectivity index (χ1) is 8.86. The number of anilines is 1. The molecule has 0 aromatic heterocycles. The Labute approximate surface area is 111 Å². The molecule has 1 N–H and O–H groups in total. The second kappa shape index (κ2) is 5.45. The van der Waals surface area contributed by atoms with E-state index in [0.29, 0.717) is 12.8 Å². The van der Waals surface area contributed by atoms with Crippen LogP contribution in [0.25, 0.3) is 0 Å². The first-order valence-corrected chi connectivity index (χ1v) is 8.22. The van der Waals surface area contributed by atoms with Gasteiger partial charge in [0.15, 0.2) is 0 Å². The average Bonchev–Trinajstić information content (AvgIpc) is 2.33. The highest BCUT2D eigenvalue weighted by Gasteiger charge is 2.29. The molecule has 0 amide bonds. The quantitative estimate of drug-likeness (QED) is 0.930. The topological polar surface area (TPSA) is 46.2 Å². The Morgan fingerprint density at radius 1 is 1.26 bits per heavy atom. The maximum absolute atomic E-state index is 13.5. The third kappa shape index (κ3) is 3.65. The monoisotopic (exact) mass is 289 g/mol. The zero-order chi connectivity index (χ0) is 14.0. The molecule has 0 aliphatic heterocycles. The van der Waals surface area contributed by atoms with Gasteiger partial charge in [-0.25, -0.2) is 17.2 Å². The second-order valence-corrected chi connectivity index (χ2v) is 7.41. The van der Waals surface area contributed by atoms with Crippen LogP contribution in [-0.4, -0.2) is 26.0 Å². The predicted molar refractivity (Wildman–Crippen MR) is 70.9 cm³/mol. The van der Waals surface area contributed by atoms with Gasteiger partial charge in [0.05, 0.1) is 10.9 Å². The second-order valence-electron chi connectivity index (χ2n) is 5.08. The fourth-order valence-electron chi connectivity index (χ4n) is 2.49. The van der Waals surface area contributed by atoms with E-state index < -0.39 is 26.7 Å². The normalized spacial score (nSPS) is 24.2. The van der Waals surface area contributed by atoms with Gasteiger partial charge >= 0.3 is 0 Å². The van der Waals surface area contributed by atoms with Crippen LogP contribution < -0.4 is 5.32 Å². The molecular weight excluding hydrogens is 272 g/mol. The molecule has 3 nitrogen and oxygen atoms in total. The molecule has 2 rings (SSSR count). The largest absolute Gasteiger partial charge is 0.380 e. The van der Waals surface area contributed by atoms with Gasteiger partial charge in [-0.3, -0.25) is 0 Å². The van der Waals surface area contributed by atoms with Crippen LogP contribution in [0.4, 0.5) is 14.5 Å². The number of sulfone groups is 1. The van der Waals surface area contributed by atoms with Gasteiger partial charge in [0, 0.05) is 12.3 Å². The SMILES string of the molecule is CS(=O)(=O)C1CCCC(Nc2cc(F)ccc2F)C1. The lowest BCUT2D eigenvalue weighted by molar-refractivity contribution is 0.451. The number of rotatable bonds is 3. The number of nitrogens with one attached hydrogen (secondary N) is 1. The smallest absolute Gasteiger partial charge is 0.150 e. The van der Waals surface area contributed by atoms with E-state index in [1.165, 1.54) is 6.26 Å². The van der Waals surface area contributed by atoms with Gasteiger partial charge in [-0.2, -0.15) is 0 Å². The maximum atomic E-state index is 13.5. The van der Waals surface area contributed by atoms with Crippen LogP contribution in [0, 0.1) is 11.6 Å². The van der Waals surface area contributed by atoms with Gasteiger partial charge in [0.2, 0.25) is 0 Å². The lowest BCUT2D eigenvalue weighted by atomic mass is 9.94. The minimum Gasteiger partial charge on any atom is -0.380 e. The minimum absolute atomic E-state index is 0.0964. The van der Waals surface area contributed by atoms with Crippen LogP contribution in [0.5, 0.6) is 0 Å². The van der Waals surface area contributed by atoms with Crippen LogP contribution in [0.3, 0.4) is 0 Å². The summed E-state index contributed by atoms with van der Waals surface area (Å²) in [4.78, 5) is 0. The van der Waals surface area contributed by atoms with E-state index in [2.05, 4.69) is 5.32 Å². The summed E-state index contributed by atoms with van der Waals surface area (Å²) in [6.45, 7) is 0. The summed E-state index contributed by atoms with van der Waals surface area (Å²) in [5.74, 6) is -1.04. The van der Waals surface area contributed by atoms with Gasteiger partial charge in [-0.15, -0.1) is 0 Å². The van der Waals surface area contributed by atoms with Crippen LogP contribution in [0.2, 0.25) is 0 Å². The molecule has 6 heteroatoms. The van der Waals surface area contributed by atoms with Crippen LogP contribution >= 0.6 is 0 Å². The first-order valence-electron chi connectivity index (χ1n) is 6.26. The molecule has 106 valence electrons. The molecule has 1 aromatic rings. The Hall–Kier alpha value is -1.17. The van der Waals surface area contributed by atoms with Gasteiger partial charge in [-0.05, 0) is 37.5 Å². The van der Waals surface area contributed by atoms with Crippen molar-refractivity contribution in [2.75, 3.05) is 11.6 Å². The molecule has 0 heterocycles. The molecule has 1 aliphatic carbocycles. The van der Waals surface area contributed by atoms with Gasteiger partial charge in [0.1, 0.15) is 21.5 Å². The molecule has 1 saturated carbocycles. The molecule has 0 bridgehead atoms. The van der Waals surface area contributed by atoms with Gasteiger partial charge < -0.3 is 5.32 Å². The Morgan fingerprint density at radius 2 is 2.00 bits per heavy atom. The Kier molecular flexibility index (Phi) is 4.08. The Morgan fingerprint density at radius 3 is 2.68 bits per heavy atom. The molecule has 1 aromatic carbocycles. The number of hydrogen-bond donors (Lipinski definition) is 1. The van der Waals surface area contributed by atoms with E-state index in [4.69, 9.17) is 0 Å². The zero-order valence-corrected chi connectivity index (χ0v) is 11.5. The Bertz CT molecular complexity index is 560. The third-order valence-corrected chi connectivity index (χ3v) is 5.16. The fraction of sp³-hybridized carbons (Fsp3) is 0.538. The summed E-state index contributed by atoms with van der Waals surface area (Å²) >= 11 is 0. The minimum atomic E-state index is -3.08. The maximum Gasteiger partial charge on any atom is 0.150 e. The Balaban J connectivity index is 2.09. The van der Waals surface area contributed by atoms with Crippen molar-refractivity contribution in [1.29, 1.82) is 0 Å². The highest BCUT2D eigenvalue weighted by molar-refractivity contribution is 7.91. The zero-order valence-electron chi connectivity index (χ0n) is 10.7. The average molecular weight is 289 g/mol. The van der Waals surface area contributed by atoms with Crippen molar-refractivity contribution >= 4 is 15.5 Å². The van der Waals surface area contributed by atoms with Gasteiger partial charge in [0.25, 0.3) is 0 Å². The van der Waals surface area contributed by atoms with E-state index in [1.54, 1.807) is 0 Å². The molecular formula is C13H17F2NO2S. The number of benzene rings is 1. The molecule has 19 heavy (non-hydrogen) atoms. The lowest BCUT2D eigenvalue weighted by Gasteiger charge is -2.29. The van der Waals surface area contributed by atoms with Crippen molar-refractivity contribution in [1.82, 2.24) is 0 Å². The van der Waals surface area contributed by atoms with Crippen molar-refractivity contribution in [2.45, 2.75) is 37.0 Å². The summed E-state index contributed by atoms with van der Waals surface area (Å²) in [5.41, 5.74) is 0.0964. The van der Waals surface area contributed by atoms with E-state index in [9.17, 15) is 17.2 Å². The molecule has 0 radical (unpaired) electrons. The number of hydrogen-bond acceptors (Lipinski definition) is 3. The first kappa shape index (κ1) is 14.2. The summed E-state index contributed by atoms with van der Waals surface area (Å²) < 4.78 is 49.7. The van der Waals surface area contributed by atoms with Crippen molar-refractivity contribution < 1.29 is 17.2 Å². The third-order valence-electron chi connectivity index (χ3n) is 3.52. The standard InChI is InChI=1S/C13H17F2NO2S/c1-19(17,18)11-4-2-3-10(8-11)16-13-7-9(14)5-6-12(13)15/h5-7,10-11,16H,2-4,8H2,1H3. The summed E-state index contributed by atoms with van der Waals surface area (Å²) in [6, 6.07) is 3.08. The summed E-state index contributed by atoms with van der Waals surface area (Å²) in [5, 5.41) is 2.52. The van der Waals surface area contributed by atoms with Gasteiger partial charge in [-0.1, -0.05) is 6.42 Å². The van der Waals surface area contributed by atoms with E-state index in [1.807, 2.05) is 0 Å². The van der Waals surface area contributed by atoms with E-state index in [0.717, 1.165) is 31.0 Å². The van der Waals surface area contributed by atoms with Crippen LogP contribution in [0.1, 0.15) is 25.7 Å². The molecule has 0 saturated heterocycles. The predicted octanol–water partition coefficient (Wildman–Crippen LogP) is 2.73. The molecule has 2 unspecified atom stereocenters. The van der Waals surface area contributed by atoms with Crippen molar-refractivity contribution in [3.63, 3.8) is 0 Å². The molecule has 1 fully saturated rings. The van der Waals surface area contributed by atoms with Crippen molar-refractivity contribution in [3.8, 4) is 0 Å². The van der Waals surface area contributed by atoms with E-state index in [-0.39, 0.29) is 11.7 Å². The fourth-order valence-corrected chi connectivity index (χ4v) is 3.67. The van der Waals surface area contributed by atoms with Crippen LogP contribution in [-0.2, 0) is 9.84 Å². The van der Waals surface area contributed by atoms with Crippen molar-refractivity contribution in [3.05, 3.63) is 29.8 Å². The molecule has 2 atom stereocenters. The van der Waals surface area contributed by atoms with Crippen molar-refractivity contribution in [2.24, 2.45) is 0 Å². The molecule has 0 spiro atoms. The van der Waals surface area contributed by atoms with Crippen LogP contribution in [0.15, 0.2) is 18.2 Å².